The summed E-state index contributed by atoms with van der Waals surface area (Å²) in [5, 5.41) is 10.4. The molecule has 2 N–H and O–H groups in total. The Morgan fingerprint density at radius 2 is 1.82 bits per heavy atom. The molecule has 6 nitrogen and oxygen atoms in total. The number of carbonyl (C=O) groups is 1. The van der Waals surface area contributed by atoms with E-state index >= 15 is 0 Å². The van der Waals surface area contributed by atoms with Crippen molar-refractivity contribution in [2.75, 3.05) is 18.5 Å². The van der Waals surface area contributed by atoms with Crippen LogP contribution in [-0.2, 0) is 24.8 Å². The summed E-state index contributed by atoms with van der Waals surface area (Å²) in [6.07, 6.45) is 4.80. The highest BCUT2D eigenvalue weighted by Crippen LogP contribution is 2.13. The van der Waals surface area contributed by atoms with Gasteiger partial charge in [-0.15, -0.1) is 0 Å². The number of aryl methyl sites for hydroxylation is 2. The fourth-order valence-electron chi connectivity index (χ4n) is 2.76. The number of ether oxygens (including phenoxy) is 1. The summed E-state index contributed by atoms with van der Waals surface area (Å²) in [6, 6.07) is 15.5. The van der Waals surface area contributed by atoms with Gasteiger partial charge in [0.2, 0.25) is 0 Å². The third kappa shape index (κ3) is 6.25. The van der Waals surface area contributed by atoms with Crippen molar-refractivity contribution < 1.29 is 9.53 Å². The lowest BCUT2D eigenvalue weighted by Gasteiger charge is -2.09. The fourth-order valence-corrected chi connectivity index (χ4v) is 2.76. The third-order valence-electron chi connectivity index (χ3n) is 4.31. The van der Waals surface area contributed by atoms with E-state index in [1.54, 1.807) is 4.68 Å². The number of hydrogen-bond acceptors (Lipinski definition) is 4. The molecule has 2 aromatic carbocycles. The van der Waals surface area contributed by atoms with E-state index in [2.05, 4.69) is 15.7 Å². The number of hydrogen-bond donors (Lipinski definition) is 2. The Hall–Kier alpha value is -3.12. The Balaban J connectivity index is 1.36. The fraction of sp³-hybridized carbons (Fsp3) is 0.273. The molecule has 3 aromatic rings. The molecule has 146 valence electrons. The molecule has 0 aliphatic heterocycles. The first-order chi connectivity index (χ1) is 13.6. The first-order valence-electron chi connectivity index (χ1n) is 9.35. The highest BCUT2D eigenvalue weighted by Gasteiger charge is 2.04. The zero-order chi connectivity index (χ0) is 19.8. The molecular formula is C22H26N4O2. The van der Waals surface area contributed by atoms with Crippen LogP contribution in [0.3, 0.4) is 0 Å². The Morgan fingerprint density at radius 3 is 2.50 bits per heavy atom. The van der Waals surface area contributed by atoms with Crippen molar-refractivity contribution in [2.24, 2.45) is 7.05 Å². The number of nitrogens with one attached hydrogen (secondary N) is 2. The number of aromatic nitrogens is 2. The van der Waals surface area contributed by atoms with Crippen LogP contribution >= 0.6 is 0 Å². The van der Waals surface area contributed by atoms with Crippen molar-refractivity contribution in [1.29, 1.82) is 0 Å². The Bertz CT molecular complexity index is 886. The summed E-state index contributed by atoms with van der Waals surface area (Å²) in [7, 11) is 1.92. The molecule has 0 saturated carbocycles. The zero-order valence-corrected chi connectivity index (χ0v) is 16.3. The van der Waals surface area contributed by atoms with Gasteiger partial charge in [0.15, 0.2) is 6.61 Å². The van der Waals surface area contributed by atoms with Crippen LogP contribution in [0.25, 0.3) is 0 Å². The topological polar surface area (TPSA) is 68.2 Å². The molecule has 1 heterocycles. The SMILES string of the molecule is Cc1ccc(NC(=O)COc2ccc(CCNCc3cnn(C)c3)cc2)cc1. The number of amides is 1. The highest BCUT2D eigenvalue weighted by atomic mass is 16.5. The maximum atomic E-state index is 12.0. The summed E-state index contributed by atoms with van der Waals surface area (Å²) >= 11 is 0. The van der Waals surface area contributed by atoms with Gasteiger partial charge in [-0.2, -0.15) is 5.10 Å². The quantitative estimate of drug-likeness (QED) is 0.562. The van der Waals surface area contributed by atoms with E-state index in [0.717, 1.165) is 30.8 Å². The van der Waals surface area contributed by atoms with Gasteiger partial charge in [0.1, 0.15) is 5.75 Å². The van der Waals surface area contributed by atoms with Crippen LogP contribution in [0, 0.1) is 6.92 Å². The van der Waals surface area contributed by atoms with Crippen molar-refractivity contribution >= 4 is 11.6 Å². The minimum Gasteiger partial charge on any atom is -0.484 e. The Kier molecular flexibility index (Phi) is 6.81. The lowest BCUT2D eigenvalue weighted by molar-refractivity contribution is -0.118. The van der Waals surface area contributed by atoms with Crippen LogP contribution < -0.4 is 15.4 Å². The van der Waals surface area contributed by atoms with Crippen LogP contribution in [0.5, 0.6) is 5.75 Å². The molecule has 0 atom stereocenters. The summed E-state index contributed by atoms with van der Waals surface area (Å²) in [5.74, 6) is 0.513. The van der Waals surface area contributed by atoms with Crippen LogP contribution in [-0.4, -0.2) is 28.8 Å². The Morgan fingerprint density at radius 1 is 1.07 bits per heavy atom. The number of benzene rings is 2. The van der Waals surface area contributed by atoms with Gasteiger partial charge < -0.3 is 15.4 Å². The van der Waals surface area contributed by atoms with Gasteiger partial charge in [-0.3, -0.25) is 9.48 Å². The monoisotopic (exact) mass is 378 g/mol. The minimum absolute atomic E-state index is 0.0140. The molecule has 3 rings (SSSR count). The summed E-state index contributed by atoms with van der Waals surface area (Å²) in [6.45, 7) is 3.69. The zero-order valence-electron chi connectivity index (χ0n) is 16.3. The van der Waals surface area contributed by atoms with Gasteiger partial charge in [0.25, 0.3) is 5.91 Å². The number of anilines is 1. The van der Waals surface area contributed by atoms with Crippen LogP contribution in [0.2, 0.25) is 0 Å². The van der Waals surface area contributed by atoms with Crippen molar-refractivity contribution in [3.8, 4) is 5.75 Å². The molecule has 0 radical (unpaired) electrons. The average molecular weight is 378 g/mol. The van der Waals surface area contributed by atoms with Gasteiger partial charge in [0, 0.05) is 31.0 Å². The molecule has 6 heteroatoms. The van der Waals surface area contributed by atoms with E-state index in [9.17, 15) is 4.79 Å². The van der Waals surface area contributed by atoms with E-state index in [1.807, 2.05) is 74.9 Å². The molecule has 28 heavy (non-hydrogen) atoms. The maximum Gasteiger partial charge on any atom is 0.262 e. The lowest BCUT2D eigenvalue weighted by atomic mass is 10.1. The molecule has 1 amide bonds. The summed E-state index contributed by atoms with van der Waals surface area (Å²) < 4.78 is 7.37. The molecule has 1 aromatic heterocycles. The minimum atomic E-state index is -0.174. The predicted octanol–water partition coefficient (Wildman–Crippen LogP) is 3.08. The van der Waals surface area contributed by atoms with Crippen LogP contribution in [0.4, 0.5) is 5.69 Å². The molecule has 0 spiro atoms. The maximum absolute atomic E-state index is 12.0. The summed E-state index contributed by atoms with van der Waals surface area (Å²) in [4.78, 5) is 12.0. The first-order valence-corrected chi connectivity index (χ1v) is 9.35. The van der Waals surface area contributed by atoms with Gasteiger partial charge in [0.05, 0.1) is 6.20 Å². The first kappa shape index (κ1) is 19.6. The lowest BCUT2D eigenvalue weighted by Crippen LogP contribution is -2.20. The number of nitrogens with zero attached hydrogens (tertiary/aromatic N) is 2. The van der Waals surface area contributed by atoms with E-state index in [4.69, 9.17) is 4.74 Å². The van der Waals surface area contributed by atoms with Gasteiger partial charge in [-0.05, 0) is 49.7 Å². The third-order valence-corrected chi connectivity index (χ3v) is 4.31. The average Bonchev–Trinajstić information content (AvgIpc) is 3.11. The van der Waals surface area contributed by atoms with Gasteiger partial charge >= 0.3 is 0 Å². The smallest absolute Gasteiger partial charge is 0.262 e. The van der Waals surface area contributed by atoms with Crippen molar-refractivity contribution in [1.82, 2.24) is 15.1 Å². The second-order valence-corrected chi connectivity index (χ2v) is 6.80. The predicted molar refractivity (Wildman–Crippen MR) is 110 cm³/mol. The van der Waals surface area contributed by atoms with E-state index < -0.39 is 0 Å². The van der Waals surface area contributed by atoms with Crippen molar-refractivity contribution in [3.05, 3.63) is 77.6 Å². The number of rotatable bonds is 9. The van der Waals surface area contributed by atoms with Gasteiger partial charge in [-0.25, -0.2) is 0 Å². The van der Waals surface area contributed by atoms with Crippen molar-refractivity contribution in [2.45, 2.75) is 19.9 Å². The van der Waals surface area contributed by atoms with Gasteiger partial charge in [-0.1, -0.05) is 29.8 Å². The largest absolute Gasteiger partial charge is 0.484 e. The molecule has 0 saturated heterocycles. The van der Waals surface area contributed by atoms with E-state index in [1.165, 1.54) is 11.1 Å². The molecule has 0 unspecified atom stereocenters. The number of carbonyl (C=O) groups excluding carboxylic acids is 1. The highest BCUT2D eigenvalue weighted by molar-refractivity contribution is 5.91. The summed E-state index contributed by atoms with van der Waals surface area (Å²) in [5.41, 5.74) is 4.32. The second-order valence-electron chi connectivity index (χ2n) is 6.80. The van der Waals surface area contributed by atoms with Crippen LogP contribution in [0.15, 0.2) is 60.9 Å². The molecular weight excluding hydrogens is 352 g/mol. The molecule has 0 aliphatic carbocycles. The van der Waals surface area contributed by atoms with Crippen molar-refractivity contribution in [3.63, 3.8) is 0 Å². The van der Waals surface area contributed by atoms with E-state index in [0.29, 0.717) is 5.75 Å². The standard InChI is InChI=1S/C22H26N4O2/c1-17-3-7-20(8-4-17)25-22(27)16-28-21-9-5-18(6-10-21)11-12-23-13-19-14-24-26(2)15-19/h3-10,14-15,23H,11-13,16H2,1-2H3,(H,25,27). The van der Waals surface area contributed by atoms with E-state index in [-0.39, 0.29) is 12.5 Å². The molecule has 0 bridgehead atoms. The second kappa shape index (κ2) is 9.71. The van der Waals surface area contributed by atoms with Crippen LogP contribution in [0.1, 0.15) is 16.7 Å². The molecule has 0 fully saturated rings. The Labute approximate surface area is 165 Å². The molecule has 0 aliphatic rings. The normalized spacial score (nSPS) is 10.6.